The van der Waals surface area contributed by atoms with Gasteiger partial charge in [-0.05, 0) is 12.1 Å². The smallest absolute Gasteiger partial charge is 0.304 e. The van der Waals surface area contributed by atoms with Crippen LogP contribution in [0.4, 0.5) is 0 Å². The molecule has 0 saturated carbocycles. The van der Waals surface area contributed by atoms with Crippen LogP contribution < -0.4 is 0 Å². The van der Waals surface area contributed by atoms with E-state index in [4.69, 9.17) is 10.2 Å². The zero-order chi connectivity index (χ0) is 11.8. The molecule has 0 aliphatic carbocycles. The monoisotopic (exact) mass is 224 g/mol. The Balaban J connectivity index is 2.47. The number of hydrogen-bond acceptors (Lipinski definition) is 4. The van der Waals surface area contributed by atoms with Crippen LogP contribution in [0.1, 0.15) is 12.1 Å². The lowest BCUT2D eigenvalue weighted by molar-refractivity contribution is -0.137. The Bertz CT molecular complexity index is 316. The summed E-state index contributed by atoms with van der Waals surface area (Å²) in [6, 6.07) is 5.60. The molecule has 16 heavy (non-hydrogen) atoms. The van der Waals surface area contributed by atoms with E-state index in [0.717, 1.165) is 5.69 Å². The van der Waals surface area contributed by atoms with Crippen LogP contribution in [0, 0.1) is 0 Å². The van der Waals surface area contributed by atoms with Gasteiger partial charge in [-0.25, -0.2) is 0 Å². The van der Waals surface area contributed by atoms with Gasteiger partial charge in [0.25, 0.3) is 0 Å². The molecule has 0 aromatic carbocycles. The van der Waals surface area contributed by atoms with Gasteiger partial charge >= 0.3 is 5.97 Å². The van der Waals surface area contributed by atoms with Gasteiger partial charge in [-0.3, -0.25) is 14.7 Å². The zero-order valence-electron chi connectivity index (χ0n) is 9.04. The predicted molar refractivity (Wildman–Crippen MR) is 58.9 cm³/mol. The van der Waals surface area contributed by atoms with Crippen molar-refractivity contribution in [2.24, 2.45) is 0 Å². The number of carboxylic acids is 1. The minimum absolute atomic E-state index is 0.0203. The summed E-state index contributed by atoms with van der Waals surface area (Å²) in [5.74, 6) is -0.830. The summed E-state index contributed by atoms with van der Waals surface area (Å²) in [6.07, 6.45) is 1.77. The minimum Gasteiger partial charge on any atom is -0.481 e. The third kappa shape index (κ3) is 4.86. The Morgan fingerprint density at radius 2 is 2.19 bits per heavy atom. The van der Waals surface area contributed by atoms with E-state index in [0.29, 0.717) is 19.6 Å². The Hall–Kier alpha value is -1.46. The second-order valence-electron chi connectivity index (χ2n) is 3.46. The van der Waals surface area contributed by atoms with Crippen LogP contribution in [0.15, 0.2) is 24.4 Å². The lowest BCUT2D eigenvalue weighted by Gasteiger charge is -2.19. The van der Waals surface area contributed by atoms with Crippen molar-refractivity contribution in [2.75, 3.05) is 19.7 Å². The standard InChI is InChI=1S/C11H16N2O3/c14-8-7-13(6-4-11(15)16)9-10-3-1-2-5-12-10/h1-3,5,14H,4,6-9H2,(H,15,16). The van der Waals surface area contributed by atoms with Crippen molar-refractivity contribution in [3.8, 4) is 0 Å². The number of aromatic nitrogens is 1. The number of aliphatic hydroxyl groups is 1. The van der Waals surface area contributed by atoms with Crippen LogP contribution in [0.25, 0.3) is 0 Å². The molecule has 0 aliphatic rings. The summed E-state index contributed by atoms with van der Waals surface area (Å²) in [7, 11) is 0. The van der Waals surface area contributed by atoms with Crippen LogP contribution in [-0.4, -0.2) is 45.8 Å². The molecule has 0 fully saturated rings. The first kappa shape index (κ1) is 12.6. The van der Waals surface area contributed by atoms with Crippen molar-refractivity contribution in [1.29, 1.82) is 0 Å². The fourth-order valence-corrected chi connectivity index (χ4v) is 1.39. The minimum atomic E-state index is -0.830. The van der Waals surface area contributed by atoms with E-state index >= 15 is 0 Å². The van der Waals surface area contributed by atoms with Gasteiger partial charge in [0.05, 0.1) is 18.7 Å². The Morgan fingerprint density at radius 3 is 2.75 bits per heavy atom. The molecule has 5 nitrogen and oxygen atoms in total. The largest absolute Gasteiger partial charge is 0.481 e. The van der Waals surface area contributed by atoms with Gasteiger partial charge in [0.15, 0.2) is 0 Å². The number of pyridine rings is 1. The van der Waals surface area contributed by atoms with Crippen molar-refractivity contribution in [3.63, 3.8) is 0 Å². The molecule has 1 aromatic heterocycles. The summed E-state index contributed by atoms with van der Waals surface area (Å²) in [4.78, 5) is 16.5. The van der Waals surface area contributed by atoms with Gasteiger partial charge in [-0.15, -0.1) is 0 Å². The number of rotatable bonds is 7. The van der Waals surface area contributed by atoms with Crippen molar-refractivity contribution >= 4 is 5.97 Å². The topological polar surface area (TPSA) is 73.7 Å². The van der Waals surface area contributed by atoms with E-state index < -0.39 is 5.97 Å². The quantitative estimate of drug-likeness (QED) is 0.699. The Labute approximate surface area is 94.4 Å². The average Bonchev–Trinajstić information content (AvgIpc) is 2.27. The molecule has 1 aromatic rings. The SMILES string of the molecule is O=C(O)CCN(CCO)Cc1ccccn1. The molecule has 0 unspecified atom stereocenters. The Kier molecular flexibility index (Phi) is 5.45. The predicted octanol–water partition coefficient (Wildman–Crippen LogP) is 0.351. The lowest BCUT2D eigenvalue weighted by Crippen LogP contribution is -2.29. The molecule has 0 bridgehead atoms. The molecule has 0 amide bonds. The van der Waals surface area contributed by atoms with Crippen LogP contribution >= 0.6 is 0 Å². The van der Waals surface area contributed by atoms with Crippen LogP contribution in [0.3, 0.4) is 0 Å². The van der Waals surface area contributed by atoms with Gasteiger partial charge in [-0.2, -0.15) is 0 Å². The molecule has 0 radical (unpaired) electrons. The molecule has 0 saturated heterocycles. The van der Waals surface area contributed by atoms with E-state index in [1.165, 1.54) is 0 Å². The number of aliphatic hydroxyl groups excluding tert-OH is 1. The second-order valence-corrected chi connectivity index (χ2v) is 3.46. The molecule has 88 valence electrons. The maximum atomic E-state index is 10.5. The summed E-state index contributed by atoms with van der Waals surface area (Å²) in [5.41, 5.74) is 0.876. The molecular weight excluding hydrogens is 208 g/mol. The highest BCUT2D eigenvalue weighted by Gasteiger charge is 2.08. The van der Waals surface area contributed by atoms with Gasteiger partial charge in [-0.1, -0.05) is 6.07 Å². The van der Waals surface area contributed by atoms with Gasteiger partial charge in [0.1, 0.15) is 0 Å². The van der Waals surface area contributed by atoms with E-state index in [9.17, 15) is 4.79 Å². The number of aliphatic carboxylic acids is 1. The number of carboxylic acid groups (broad SMARTS) is 1. The first-order chi connectivity index (χ1) is 7.72. The highest BCUT2D eigenvalue weighted by atomic mass is 16.4. The molecule has 0 spiro atoms. The normalized spacial score (nSPS) is 10.6. The number of carbonyl (C=O) groups is 1. The maximum absolute atomic E-state index is 10.5. The molecule has 2 N–H and O–H groups in total. The third-order valence-corrected chi connectivity index (χ3v) is 2.17. The molecular formula is C11H16N2O3. The molecule has 0 atom stereocenters. The fourth-order valence-electron chi connectivity index (χ4n) is 1.39. The van der Waals surface area contributed by atoms with E-state index in [-0.39, 0.29) is 13.0 Å². The van der Waals surface area contributed by atoms with E-state index in [1.54, 1.807) is 6.20 Å². The van der Waals surface area contributed by atoms with Gasteiger partial charge in [0.2, 0.25) is 0 Å². The summed E-state index contributed by atoms with van der Waals surface area (Å²) >= 11 is 0. The molecule has 1 rings (SSSR count). The van der Waals surface area contributed by atoms with E-state index in [1.807, 2.05) is 23.1 Å². The van der Waals surface area contributed by atoms with Crippen molar-refractivity contribution in [1.82, 2.24) is 9.88 Å². The van der Waals surface area contributed by atoms with Crippen molar-refractivity contribution in [2.45, 2.75) is 13.0 Å². The van der Waals surface area contributed by atoms with Crippen LogP contribution in [0.5, 0.6) is 0 Å². The summed E-state index contributed by atoms with van der Waals surface area (Å²) in [6.45, 7) is 1.47. The number of hydrogen-bond donors (Lipinski definition) is 2. The van der Waals surface area contributed by atoms with Crippen LogP contribution in [-0.2, 0) is 11.3 Å². The summed E-state index contributed by atoms with van der Waals surface area (Å²) < 4.78 is 0. The highest BCUT2D eigenvalue weighted by molar-refractivity contribution is 5.66. The van der Waals surface area contributed by atoms with Crippen molar-refractivity contribution < 1.29 is 15.0 Å². The average molecular weight is 224 g/mol. The maximum Gasteiger partial charge on any atom is 0.304 e. The highest BCUT2D eigenvalue weighted by Crippen LogP contribution is 2.01. The summed E-state index contributed by atoms with van der Waals surface area (Å²) in [5, 5.41) is 17.5. The zero-order valence-corrected chi connectivity index (χ0v) is 9.04. The van der Waals surface area contributed by atoms with Gasteiger partial charge < -0.3 is 10.2 Å². The molecule has 0 aliphatic heterocycles. The molecule has 5 heteroatoms. The van der Waals surface area contributed by atoms with Gasteiger partial charge in [0, 0.05) is 25.8 Å². The van der Waals surface area contributed by atoms with E-state index in [2.05, 4.69) is 4.98 Å². The first-order valence-corrected chi connectivity index (χ1v) is 5.17. The second kappa shape index (κ2) is 6.92. The van der Waals surface area contributed by atoms with Crippen LogP contribution in [0.2, 0.25) is 0 Å². The van der Waals surface area contributed by atoms with Crippen molar-refractivity contribution in [3.05, 3.63) is 30.1 Å². The fraction of sp³-hybridized carbons (Fsp3) is 0.455. The number of nitrogens with zero attached hydrogens (tertiary/aromatic N) is 2. The lowest BCUT2D eigenvalue weighted by atomic mass is 10.3. The third-order valence-electron chi connectivity index (χ3n) is 2.17. The first-order valence-electron chi connectivity index (χ1n) is 5.17. The molecule has 1 heterocycles. The Morgan fingerprint density at radius 1 is 1.38 bits per heavy atom.